The Labute approximate surface area is 102 Å². The second kappa shape index (κ2) is 4.49. The third-order valence-electron chi connectivity index (χ3n) is 3.46. The molecule has 1 heterocycles. The fraction of sp³-hybridized carbons (Fsp3) is 0.667. The minimum absolute atomic E-state index is 0.121. The molecule has 5 heteroatoms. The number of nitrogens with zero attached hydrogens (tertiary/aromatic N) is 3. The van der Waals surface area contributed by atoms with Crippen molar-refractivity contribution in [2.24, 2.45) is 12.8 Å². The molecule has 0 radical (unpaired) electrons. The summed E-state index contributed by atoms with van der Waals surface area (Å²) in [6.45, 7) is 0.600. The van der Waals surface area contributed by atoms with Crippen molar-refractivity contribution in [3.05, 3.63) is 18.0 Å². The molecule has 0 aromatic carbocycles. The maximum absolute atomic E-state index is 12.0. The van der Waals surface area contributed by atoms with Crippen molar-refractivity contribution in [3.8, 4) is 0 Å². The molecule has 1 saturated carbocycles. The Balaban J connectivity index is 1.86. The van der Waals surface area contributed by atoms with Crippen molar-refractivity contribution >= 4 is 5.91 Å². The molecule has 1 aliphatic rings. The van der Waals surface area contributed by atoms with Crippen LogP contribution in [0.4, 0.5) is 0 Å². The first kappa shape index (κ1) is 12.1. The van der Waals surface area contributed by atoms with E-state index in [1.165, 1.54) is 0 Å². The Bertz CT molecular complexity index is 408. The lowest BCUT2D eigenvalue weighted by molar-refractivity contribution is -0.132. The lowest BCUT2D eigenvalue weighted by Crippen LogP contribution is -2.50. The molecule has 1 aromatic heterocycles. The molecular weight excluding hydrogens is 216 g/mol. The largest absolute Gasteiger partial charge is 0.341 e. The molecular formula is C12H20N4O. The predicted molar refractivity (Wildman–Crippen MR) is 65.1 cm³/mol. The fourth-order valence-corrected chi connectivity index (χ4v) is 2.16. The summed E-state index contributed by atoms with van der Waals surface area (Å²) in [5, 5.41) is 4.08. The van der Waals surface area contributed by atoms with Gasteiger partial charge in [-0.15, -0.1) is 0 Å². The fourth-order valence-electron chi connectivity index (χ4n) is 2.16. The minimum Gasteiger partial charge on any atom is -0.341 e. The van der Waals surface area contributed by atoms with Gasteiger partial charge in [-0.1, -0.05) is 0 Å². The highest BCUT2D eigenvalue weighted by atomic mass is 16.2. The molecule has 0 aliphatic heterocycles. The first-order chi connectivity index (χ1) is 7.98. The molecule has 94 valence electrons. The van der Waals surface area contributed by atoms with E-state index in [0.29, 0.717) is 13.0 Å². The lowest BCUT2D eigenvalue weighted by atomic mass is 9.75. The first-order valence-electron chi connectivity index (χ1n) is 5.99. The number of hydrogen-bond donors (Lipinski definition) is 1. The summed E-state index contributed by atoms with van der Waals surface area (Å²) in [7, 11) is 3.69. The molecule has 0 bridgehead atoms. The van der Waals surface area contributed by atoms with Gasteiger partial charge in [-0.25, -0.2) is 0 Å². The van der Waals surface area contributed by atoms with E-state index < -0.39 is 0 Å². The zero-order chi connectivity index (χ0) is 12.5. The maximum Gasteiger partial charge on any atom is 0.224 e. The third-order valence-corrected chi connectivity index (χ3v) is 3.46. The highest BCUT2D eigenvalue weighted by Gasteiger charge is 2.35. The predicted octanol–water partition coefficient (Wildman–Crippen LogP) is 0.650. The van der Waals surface area contributed by atoms with Gasteiger partial charge in [-0.3, -0.25) is 9.48 Å². The summed E-state index contributed by atoms with van der Waals surface area (Å²) in [6.07, 6.45) is 7.26. The Morgan fingerprint density at radius 3 is 2.82 bits per heavy atom. The molecule has 1 amide bonds. The highest BCUT2D eigenvalue weighted by Crippen LogP contribution is 2.32. The smallest absolute Gasteiger partial charge is 0.224 e. The molecule has 5 nitrogen and oxygen atoms in total. The highest BCUT2D eigenvalue weighted by molar-refractivity contribution is 5.77. The summed E-state index contributed by atoms with van der Waals surface area (Å²) in [6, 6.07) is 0. The topological polar surface area (TPSA) is 64.2 Å². The molecule has 0 spiro atoms. The summed E-state index contributed by atoms with van der Waals surface area (Å²) < 4.78 is 1.74. The molecule has 1 aliphatic carbocycles. The lowest BCUT2D eigenvalue weighted by Gasteiger charge is -2.38. The van der Waals surface area contributed by atoms with Crippen LogP contribution in [0.15, 0.2) is 12.4 Å². The number of aromatic nitrogens is 2. The van der Waals surface area contributed by atoms with E-state index in [0.717, 1.165) is 24.8 Å². The monoisotopic (exact) mass is 236 g/mol. The van der Waals surface area contributed by atoms with Gasteiger partial charge in [0.25, 0.3) is 0 Å². The number of aryl methyl sites for hydroxylation is 1. The number of nitrogens with two attached hydrogens (primary N) is 1. The van der Waals surface area contributed by atoms with Crippen LogP contribution in [0.1, 0.15) is 31.2 Å². The SMILES string of the molecule is CN(Cc1cnn(C)c1)C(=O)CC1(N)CCC1. The molecule has 1 fully saturated rings. The van der Waals surface area contributed by atoms with Crippen molar-refractivity contribution in [2.45, 2.75) is 37.8 Å². The van der Waals surface area contributed by atoms with Crippen LogP contribution in [0.3, 0.4) is 0 Å². The van der Waals surface area contributed by atoms with E-state index in [1.54, 1.807) is 15.8 Å². The van der Waals surface area contributed by atoms with Crippen LogP contribution in [0.25, 0.3) is 0 Å². The van der Waals surface area contributed by atoms with E-state index >= 15 is 0 Å². The Hall–Kier alpha value is -1.36. The number of amides is 1. The van der Waals surface area contributed by atoms with Gasteiger partial charge in [-0.2, -0.15) is 5.10 Å². The van der Waals surface area contributed by atoms with Gasteiger partial charge in [-0.05, 0) is 19.3 Å². The summed E-state index contributed by atoms with van der Waals surface area (Å²) >= 11 is 0. The number of rotatable bonds is 4. The third kappa shape index (κ3) is 2.85. The molecule has 2 rings (SSSR count). The molecule has 0 unspecified atom stereocenters. The van der Waals surface area contributed by atoms with Crippen molar-refractivity contribution in [1.29, 1.82) is 0 Å². The van der Waals surface area contributed by atoms with Crippen LogP contribution < -0.4 is 5.73 Å². The number of hydrogen-bond acceptors (Lipinski definition) is 3. The zero-order valence-corrected chi connectivity index (χ0v) is 10.5. The van der Waals surface area contributed by atoms with E-state index in [1.807, 2.05) is 20.3 Å². The first-order valence-corrected chi connectivity index (χ1v) is 5.99. The number of carbonyl (C=O) groups excluding carboxylic acids is 1. The van der Waals surface area contributed by atoms with Gasteiger partial charge < -0.3 is 10.6 Å². The summed E-state index contributed by atoms with van der Waals surface area (Å²) in [4.78, 5) is 13.7. The Morgan fingerprint density at radius 1 is 1.65 bits per heavy atom. The van der Waals surface area contributed by atoms with Gasteiger partial charge in [0.1, 0.15) is 0 Å². The molecule has 1 aromatic rings. The second-order valence-corrected chi connectivity index (χ2v) is 5.16. The van der Waals surface area contributed by atoms with Crippen molar-refractivity contribution in [3.63, 3.8) is 0 Å². The zero-order valence-electron chi connectivity index (χ0n) is 10.5. The minimum atomic E-state index is -0.236. The Morgan fingerprint density at radius 2 is 2.35 bits per heavy atom. The number of carbonyl (C=O) groups is 1. The van der Waals surface area contributed by atoms with Gasteiger partial charge in [0.15, 0.2) is 0 Å². The molecule has 2 N–H and O–H groups in total. The van der Waals surface area contributed by atoms with Crippen LogP contribution in [0, 0.1) is 0 Å². The van der Waals surface area contributed by atoms with Crippen molar-refractivity contribution in [2.75, 3.05) is 7.05 Å². The second-order valence-electron chi connectivity index (χ2n) is 5.16. The van der Waals surface area contributed by atoms with Gasteiger partial charge in [0.2, 0.25) is 5.91 Å². The van der Waals surface area contributed by atoms with Crippen LogP contribution in [0.5, 0.6) is 0 Å². The normalized spacial score (nSPS) is 17.6. The summed E-state index contributed by atoms with van der Waals surface area (Å²) in [5.41, 5.74) is 6.88. The van der Waals surface area contributed by atoms with Gasteiger partial charge in [0, 0.05) is 44.4 Å². The quantitative estimate of drug-likeness (QED) is 0.835. The van der Waals surface area contributed by atoms with Crippen LogP contribution in [0.2, 0.25) is 0 Å². The van der Waals surface area contributed by atoms with Crippen LogP contribution >= 0.6 is 0 Å². The molecule has 0 atom stereocenters. The average molecular weight is 236 g/mol. The summed E-state index contributed by atoms with van der Waals surface area (Å²) in [5.74, 6) is 0.121. The van der Waals surface area contributed by atoms with Gasteiger partial charge in [0.05, 0.1) is 6.20 Å². The molecule has 0 saturated heterocycles. The maximum atomic E-state index is 12.0. The van der Waals surface area contributed by atoms with E-state index in [2.05, 4.69) is 5.10 Å². The van der Waals surface area contributed by atoms with E-state index in [9.17, 15) is 4.79 Å². The van der Waals surface area contributed by atoms with Crippen molar-refractivity contribution in [1.82, 2.24) is 14.7 Å². The van der Waals surface area contributed by atoms with E-state index in [-0.39, 0.29) is 11.4 Å². The average Bonchev–Trinajstić information content (AvgIpc) is 2.61. The van der Waals surface area contributed by atoms with Crippen LogP contribution in [-0.2, 0) is 18.4 Å². The van der Waals surface area contributed by atoms with Crippen LogP contribution in [-0.4, -0.2) is 33.2 Å². The molecule has 17 heavy (non-hydrogen) atoms. The Kier molecular flexibility index (Phi) is 3.19. The van der Waals surface area contributed by atoms with Crippen molar-refractivity contribution < 1.29 is 4.79 Å². The van der Waals surface area contributed by atoms with E-state index in [4.69, 9.17) is 5.73 Å². The standard InChI is InChI=1S/C12H20N4O/c1-15(8-10-7-14-16(2)9-10)11(17)6-12(13)4-3-5-12/h7,9H,3-6,8,13H2,1-2H3. The van der Waals surface area contributed by atoms with Gasteiger partial charge >= 0.3 is 0 Å².